The number of ether oxygens (including phenoxy) is 2. The van der Waals surface area contributed by atoms with Gasteiger partial charge in [0.1, 0.15) is 6.23 Å². The highest BCUT2D eigenvalue weighted by molar-refractivity contribution is 7.52. The summed E-state index contributed by atoms with van der Waals surface area (Å²) in [4.78, 5) is 44.7. The molecule has 11 heteroatoms. The average Bonchev–Trinajstić information content (AvgIpc) is 2.84. The molecule has 1 heterocycles. The SMILES string of the molecule is CCCCCCCCCCCCCCCCOC(CC)C(OC(C)n1cc(F)c(=O)[nH]c1=O)P(=O)(O)O. The van der Waals surface area contributed by atoms with E-state index in [9.17, 15) is 28.3 Å². The van der Waals surface area contributed by atoms with E-state index in [2.05, 4.69) is 6.92 Å². The van der Waals surface area contributed by atoms with Gasteiger partial charge >= 0.3 is 13.3 Å². The third-order valence-electron chi connectivity index (χ3n) is 6.53. The van der Waals surface area contributed by atoms with Gasteiger partial charge in [-0.3, -0.25) is 18.9 Å². The van der Waals surface area contributed by atoms with Crippen molar-refractivity contribution in [3.05, 3.63) is 32.9 Å². The molecule has 9 nitrogen and oxygen atoms in total. The fourth-order valence-corrected chi connectivity index (χ4v) is 5.38. The number of hydrogen-bond donors (Lipinski definition) is 3. The second-order valence-electron chi connectivity index (χ2n) is 9.77. The Morgan fingerprint density at radius 1 is 0.919 bits per heavy atom. The normalized spacial score (nSPS) is 14.5. The lowest BCUT2D eigenvalue weighted by atomic mass is 10.0. The van der Waals surface area contributed by atoms with Crippen molar-refractivity contribution in [1.82, 2.24) is 9.55 Å². The minimum Gasteiger partial charge on any atom is -0.375 e. The number of aromatic amines is 1. The van der Waals surface area contributed by atoms with Gasteiger partial charge in [0.05, 0.1) is 12.3 Å². The molecule has 0 aliphatic rings. The molecule has 0 amide bonds. The standard InChI is InChI=1S/C26H48FN2O7P/c1-4-6-7-8-9-10-11-12-13-14-15-16-17-18-19-35-23(5-2)25(37(32,33)34)36-21(3)29-20-22(27)24(30)28-26(29)31/h20-21,23,25H,4-19H2,1-3H3,(H,28,30,31)(H2,32,33,34). The molecule has 1 rings (SSSR count). The van der Waals surface area contributed by atoms with E-state index in [-0.39, 0.29) is 6.42 Å². The predicted molar refractivity (Wildman–Crippen MR) is 143 cm³/mol. The zero-order valence-corrected chi connectivity index (χ0v) is 23.7. The van der Waals surface area contributed by atoms with E-state index in [4.69, 9.17) is 9.47 Å². The van der Waals surface area contributed by atoms with Gasteiger partial charge in [0.25, 0.3) is 5.56 Å². The van der Waals surface area contributed by atoms with E-state index in [1.165, 1.54) is 77.6 Å². The molecule has 0 aromatic carbocycles. The van der Waals surface area contributed by atoms with E-state index in [1.807, 2.05) is 0 Å². The van der Waals surface area contributed by atoms with Crippen LogP contribution in [0.25, 0.3) is 0 Å². The maximum atomic E-state index is 13.6. The lowest BCUT2D eigenvalue weighted by Crippen LogP contribution is -2.38. The number of unbranched alkanes of at least 4 members (excludes halogenated alkanes) is 13. The molecule has 0 saturated carbocycles. The van der Waals surface area contributed by atoms with E-state index >= 15 is 0 Å². The van der Waals surface area contributed by atoms with Gasteiger partial charge in [-0.15, -0.1) is 0 Å². The largest absolute Gasteiger partial charge is 0.375 e. The molecule has 1 aromatic heterocycles. The van der Waals surface area contributed by atoms with Crippen molar-refractivity contribution in [2.75, 3.05) is 6.61 Å². The van der Waals surface area contributed by atoms with Crippen molar-refractivity contribution in [3.63, 3.8) is 0 Å². The molecule has 37 heavy (non-hydrogen) atoms. The predicted octanol–water partition coefficient (Wildman–Crippen LogP) is 5.99. The minimum atomic E-state index is -4.78. The van der Waals surface area contributed by atoms with Crippen LogP contribution in [0.1, 0.15) is 123 Å². The van der Waals surface area contributed by atoms with Gasteiger partial charge in [0.2, 0.25) is 5.82 Å². The summed E-state index contributed by atoms with van der Waals surface area (Å²) in [7, 11) is -4.78. The summed E-state index contributed by atoms with van der Waals surface area (Å²) < 4.78 is 37.7. The van der Waals surface area contributed by atoms with Gasteiger partial charge in [0, 0.05) is 6.61 Å². The second kappa shape index (κ2) is 18.9. The molecular formula is C26H48FN2O7P. The molecule has 1 aromatic rings. The van der Waals surface area contributed by atoms with Gasteiger partial charge in [-0.2, -0.15) is 4.39 Å². The van der Waals surface area contributed by atoms with Gasteiger partial charge in [-0.1, -0.05) is 97.3 Å². The van der Waals surface area contributed by atoms with E-state index in [1.54, 1.807) is 11.9 Å². The fourth-order valence-electron chi connectivity index (χ4n) is 4.31. The first kappa shape index (κ1) is 33.7. The number of aromatic nitrogens is 2. The Kier molecular flexibility index (Phi) is 17.2. The van der Waals surface area contributed by atoms with Crippen molar-refractivity contribution in [3.8, 4) is 0 Å². The van der Waals surface area contributed by atoms with Crippen molar-refractivity contribution >= 4 is 7.60 Å². The smallest absolute Gasteiger partial charge is 0.356 e. The van der Waals surface area contributed by atoms with Crippen LogP contribution in [0.2, 0.25) is 0 Å². The van der Waals surface area contributed by atoms with Crippen LogP contribution in [-0.4, -0.2) is 37.9 Å². The highest BCUT2D eigenvalue weighted by Gasteiger charge is 2.39. The quantitative estimate of drug-likeness (QED) is 0.119. The molecule has 0 aliphatic carbocycles. The molecule has 0 fully saturated rings. The molecule has 216 valence electrons. The van der Waals surface area contributed by atoms with Crippen LogP contribution in [0.4, 0.5) is 4.39 Å². The number of nitrogens with one attached hydrogen (secondary N) is 1. The van der Waals surface area contributed by atoms with E-state index in [0.29, 0.717) is 12.8 Å². The van der Waals surface area contributed by atoms with Crippen molar-refractivity contribution in [1.29, 1.82) is 0 Å². The van der Waals surface area contributed by atoms with Crippen LogP contribution in [0.5, 0.6) is 0 Å². The molecule has 3 unspecified atom stereocenters. The first-order valence-corrected chi connectivity index (χ1v) is 15.6. The highest BCUT2D eigenvalue weighted by Crippen LogP contribution is 2.46. The van der Waals surface area contributed by atoms with E-state index in [0.717, 1.165) is 23.8 Å². The molecule has 3 atom stereocenters. The first-order chi connectivity index (χ1) is 17.6. The summed E-state index contributed by atoms with van der Waals surface area (Å²) >= 11 is 0. The van der Waals surface area contributed by atoms with E-state index < -0.39 is 42.8 Å². The van der Waals surface area contributed by atoms with Gasteiger partial charge in [0.15, 0.2) is 5.85 Å². The van der Waals surface area contributed by atoms with Gasteiger partial charge in [-0.05, 0) is 19.8 Å². The summed E-state index contributed by atoms with van der Waals surface area (Å²) in [5, 5.41) is 0. The Morgan fingerprint density at radius 2 is 1.41 bits per heavy atom. The van der Waals surface area contributed by atoms with Crippen LogP contribution < -0.4 is 11.2 Å². The zero-order valence-electron chi connectivity index (χ0n) is 22.8. The number of rotatable bonds is 22. The lowest BCUT2D eigenvalue weighted by Gasteiger charge is -2.30. The van der Waals surface area contributed by atoms with Crippen LogP contribution in [0.15, 0.2) is 15.8 Å². The topological polar surface area (TPSA) is 131 Å². The molecule has 0 spiro atoms. The van der Waals surface area contributed by atoms with Crippen LogP contribution in [0, 0.1) is 5.82 Å². The Morgan fingerprint density at radius 3 is 1.86 bits per heavy atom. The summed E-state index contributed by atoms with van der Waals surface area (Å²) in [5.74, 6) is -2.84. The molecule has 0 radical (unpaired) electrons. The highest BCUT2D eigenvalue weighted by atomic mass is 31.2. The molecule has 0 aliphatic heterocycles. The zero-order chi connectivity index (χ0) is 27.7. The van der Waals surface area contributed by atoms with Crippen molar-refractivity contribution in [2.24, 2.45) is 0 Å². The minimum absolute atomic E-state index is 0.274. The Balaban J connectivity index is 2.34. The molecule has 0 bridgehead atoms. The third-order valence-corrected chi connectivity index (χ3v) is 7.65. The van der Waals surface area contributed by atoms with Crippen LogP contribution in [-0.2, 0) is 14.0 Å². The first-order valence-electron chi connectivity index (χ1n) is 13.9. The van der Waals surface area contributed by atoms with Gasteiger partial charge < -0.3 is 19.3 Å². The van der Waals surface area contributed by atoms with Crippen molar-refractivity contribution in [2.45, 2.75) is 135 Å². The lowest BCUT2D eigenvalue weighted by molar-refractivity contribution is -0.0944. The van der Waals surface area contributed by atoms with Crippen LogP contribution in [0.3, 0.4) is 0 Å². The average molecular weight is 551 g/mol. The number of nitrogens with zero attached hydrogens (tertiary/aromatic N) is 1. The maximum Gasteiger partial charge on any atom is 0.356 e. The molecule has 3 N–H and O–H groups in total. The van der Waals surface area contributed by atoms with Crippen molar-refractivity contribution < 1.29 is 28.2 Å². The third kappa shape index (κ3) is 13.9. The van der Waals surface area contributed by atoms with Gasteiger partial charge in [-0.25, -0.2) is 4.79 Å². The van der Waals surface area contributed by atoms with Crippen LogP contribution >= 0.6 is 7.60 Å². The summed E-state index contributed by atoms with van der Waals surface area (Å²) in [6, 6.07) is 0. The second-order valence-corrected chi connectivity index (χ2v) is 11.5. The Bertz CT molecular complexity index is 902. The molecular weight excluding hydrogens is 502 g/mol. The number of halogens is 1. The Labute approximate surface area is 220 Å². The maximum absolute atomic E-state index is 13.6. The number of H-pyrrole nitrogens is 1. The monoisotopic (exact) mass is 550 g/mol. The fraction of sp³-hybridized carbons (Fsp3) is 0.846. The summed E-state index contributed by atoms with van der Waals surface area (Å²) in [5.41, 5.74) is -2.12. The summed E-state index contributed by atoms with van der Waals surface area (Å²) in [6.07, 6.45) is 16.0. The number of hydrogen-bond acceptors (Lipinski definition) is 5. The summed E-state index contributed by atoms with van der Waals surface area (Å²) in [6.45, 7) is 5.63. The molecule has 0 saturated heterocycles. The Hall–Kier alpha value is -1.32.